The van der Waals surface area contributed by atoms with Crippen molar-refractivity contribution in [2.75, 3.05) is 0 Å². The molecule has 0 unspecified atom stereocenters. The van der Waals surface area contributed by atoms with Gasteiger partial charge in [-0.3, -0.25) is 0 Å². The molecule has 198 valence electrons. The highest BCUT2D eigenvalue weighted by Gasteiger charge is 2.32. The van der Waals surface area contributed by atoms with Crippen molar-refractivity contribution in [2.45, 2.75) is 102 Å². The first kappa shape index (κ1) is 26.3. The van der Waals surface area contributed by atoms with Gasteiger partial charge in [0.15, 0.2) is 0 Å². The Morgan fingerprint density at radius 1 is 0.568 bits per heavy atom. The van der Waals surface area contributed by atoms with Crippen LogP contribution in [0.5, 0.6) is 0 Å². The van der Waals surface area contributed by atoms with E-state index in [0.717, 1.165) is 49.0 Å². The van der Waals surface area contributed by atoms with E-state index in [-0.39, 0.29) is 23.3 Å². The molecule has 0 aromatic heterocycles. The highest BCUT2D eigenvalue weighted by Crippen LogP contribution is 2.46. The summed E-state index contributed by atoms with van der Waals surface area (Å²) >= 11 is 0. The molecule has 0 aliphatic heterocycles. The molecule has 5 rings (SSSR count). The molecular weight excluding hydrogens is 474 g/mol. The predicted molar refractivity (Wildman–Crippen MR) is 137 cm³/mol. The molecule has 0 atom stereocenters. The van der Waals surface area contributed by atoms with Crippen molar-refractivity contribution in [3.63, 3.8) is 0 Å². The number of hydrogen-bond acceptors (Lipinski definition) is 1. The summed E-state index contributed by atoms with van der Waals surface area (Å²) in [6.45, 7) is 2.35. The van der Waals surface area contributed by atoms with E-state index in [1.54, 1.807) is 18.2 Å². The van der Waals surface area contributed by atoms with Crippen LogP contribution in [-0.4, -0.2) is 0 Å². The molecule has 0 amide bonds. The number of nitrogens with zero attached hydrogens (tertiary/aromatic N) is 1. The molecule has 0 N–H and O–H groups in total. The summed E-state index contributed by atoms with van der Waals surface area (Å²) in [6, 6.07) is 7.15. The average molecular weight is 512 g/mol. The summed E-state index contributed by atoms with van der Waals surface area (Å²) in [5.41, 5.74) is 0.914. The quantitative estimate of drug-likeness (QED) is 0.375. The molecule has 3 saturated carbocycles. The standard InChI is InChI=1S/C32H37F4N/c1-19-2-4-20(5-3-19)21-6-8-22(9-7-21)26-16-30(35)32(31(36)17-26)24-12-10-23(11-13-24)25-14-28(33)27(18-37)29(34)15-25/h14-17,19-24H,2-13H2,1H3. The Labute approximate surface area is 218 Å². The minimum absolute atomic E-state index is 0.0825. The maximum Gasteiger partial charge on any atom is 0.144 e. The van der Waals surface area contributed by atoms with Crippen LogP contribution < -0.4 is 0 Å². The van der Waals surface area contributed by atoms with Crippen molar-refractivity contribution in [2.24, 2.45) is 17.8 Å². The summed E-state index contributed by atoms with van der Waals surface area (Å²) in [7, 11) is 0. The lowest BCUT2D eigenvalue weighted by molar-refractivity contribution is 0.165. The van der Waals surface area contributed by atoms with Gasteiger partial charge in [-0.25, -0.2) is 17.6 Å². The summed E-state index contributed by atoms with van der Waals surface area (Å²) in [4.78, 5) is 0. The van der Waals surface area contributed by atoms with Crippen LogP contribution in [-0.2, 0) is 0 Å². The molecule has 0 radical (unpaired) electrons. The van der Waals surface area contributed by atoms with Gasteiger partial charge < -0.3 is 0 Å². The fourth-order valence-corrected chi connectivity index (χ4v) is 7.56. The normalized spacial score (nSPS) is 30.6. The maximum atomic E-state index is 15.3. The molecule has 2 aromatic carbocycles. The zero-order chi connectivity index (χ0) is 26.1. The van der Waals surface area contributed by atoms with E-state index in [4.69, 9.17) is 5.26 Å². The van der Waals surface area contributed by atoms with Crippen molar-refractivity contribution >= 4 is 0 Å². The molecule has 3 aliphatic carbocycles. The van der Waals surface area contributed by atoms with Crippen molar-refractivity contribution < 1.29 is 17.6 Å². The minimum atomic E-state index is -0.852. The molecule has 3 fully saturated rings. The zero-order valence-electron chi connectivity index (χ0n) is 21.7. The van der Waals surface area contributed by atoms with Crippen LogP contribution in [0.1, 0.15) is 124 Å². The maximum absolute atomic E-state index is 15.3. The molecule has 2 aromatic rings. The number of halogens is 4. The van der Waals surface area contributed by atoms with Crippen LogP contribution in [0.3, 0.4) is 0 Å². The Morgan fingerprint density at radius 3 is 1.41 bits per heavy atom. The largest absolute Gasteiger partial charge is 0.207 e. The first-order chi connectivity index (χ1) is 17.8. The third-order valence-corrected chi connectivity index (χ3v) is 9.85. The van der Waals surface area contributed by atoms with Gasteiger partial charge in [-0.05, 0) is 135 Å². The Kier molecular flexibility index (Phi) is 7.93. The van der Waals surface area contributed by atoms with Crippen LogP contribution in [0.2, 0.25) is 0 Å². The third kappa shape index (κ3) is 5.59. The van der Waals surface area contributed by atoms with E-state index in [2.05, 4.69) is 6.92 Å². The summed E-state index contributed by atoms with van der Waals surface area (Å²) in [5.74, 6) is -0.225. The van der Waals surface area contributed by atoms with Crippen LogP contribution in [0.4, 0.5) is 17.6 Å². The topological polar surface area (TPSA) is 23.8 Å². The molecule has 1 nitrogen and oxygen atoms in total. The predicted octanol–water partition coefficient (Wildman–Crippen LogP) is 9.66. The summed E-state index contributed by atoms with van der Waals surface area (Å²) < 4.78 is 58.7. The van der Waals surface area contributed by atoms with E-state index < -0.39 is 28.8 Å². The van der Waals surface area contributed by atoms with Crippen molar-refractivity contribution in [3.05, 3.63) is 69.8 Å². The monoisotopic (exact) mass is 511 g/mol. The Hall–Kier alpha value is -2.35. The minimum Gasteiger partial charge on any atom is -0.207 e. The first-order valence-corrected chi connectivity index (χ1v) is 14.2. The van der Waals surface area contributed by atoms with Gasteiger partial charge in [0.05, 0.1) is 0 Å². The average Bonchev–Trinajstić information content (AvgIpc) is 2.89. The van der Waals surface area contributed by atoms with Crippen molar-refractivity contribution in [3.8, 4) is 6.07 Å². The Bertz CT molecular complexity index is 1100. The lowest BCUT2D eigenvalue weighted by Gasteiger charge is -2.37. The van der Waals surface area contributed by atoms with Gasteiger partial charge in [0.1, 0.15) is 34.9 Å². The van der Waals surface area contributed by atoms with Gasteiger partial charge in [-0.2, -0.15) is 5.26 Å². The molecule has 37 heavy (non-hydrogen) atoms. The van der Waals surface area contributed by atoms with Gasteiger partial charge in [0, 0.05) is 5.56 Å². The number of benzene rings is 2. The fourth-order valence-electron chi connectivity index (χ4n) is 7.56. The van der Waals surface area contributed by atoms with Gasteiger partial charge in [0.25, 0.3) is 0 Å². The molecule has 0 spiro atoms. The molecule has 0 bridgehead atoms. The van der Waals surface area contributed by atoms with Crippen LogP contribution in [0, 0.1) is 52.4 Å². The molecule has 5 heteroatoms. The summed E-state index contributed by atoms with van der Waals surface area (Å²) in [5, 5.41) is 8.89. The first-order valence-electron chi connectivity index (χ1n) is 14.2. The van der Waals surface area contributed by atoms with Gasteiger partial charge in [0.2, 0.25) is 0 Å². The second-order valence-corrected chi connectivity index (χ2v) is 12.0. The smallest absolute Gasteiger partial charge is 0.144 e. The lowest BCUT2D eigenvalue weighted by atomic mass is 9.68. The Balaban J connectivity index is 1.21. The second-order valence-electron chi connectivity index (χ2n) is 12.0. The second kappa shape index (κ2) is 11.2. The number of rotatable bonds is 4. The molecular formula is C32H37F4N. The van der Waals surface area contributed by atoms with E-state index in [1.165, 1.54) is 37.8 Å². The Morgan fingerprint density at radius 2 is 0.946 bits per heavy atom. The SMILES string of the molecule is CC1CCC(C2CCC(c3cc(F)c(C4CCC(c5cc(F)c(C#N)c(F)c5)CC4)c(F)c3)CC2)CC1. The number of hydrogen-bond donors (Lipinski definition) is 0. The van der Waals surface area contributed by atoms with Crippen LogP contribution in [0.15, 0.2) is 24.3 Å². The van der Waals surface area contributed by atoms with E-state index in [1.807, 2.05) is 0 Å². The van der Waals surface area contributed by atoms with Crippen molar-refractivity contribution in [1.29, 1.82) is 5.26 Å². The highest BCUT2D eigenvalue weighted by molar-refractivity contribution is 5.37. The van der Waals surface area contributed by atoms with Crippen LogP contribution >= 0.6 is 0 Å². The summed E-state index contributed by atoms with van der Waals surface area (Å²) in [6.07, 6.45) is 12.0. The van der Waals surface area contributed by atoms with Crippen molar-refractivity contribution in [1.82, 2.24) is 0 Å². The van der Waals surface area contributed by atoms with E-state index in [0.29, 0.717) is 31.2 Å². The van der Waals surface area contributed by atoms with E-state index >= 15 is 8.78 Å². The highest BCUT2D eigenvalue weighted by atomic mass is 19.1. The fraction of sp³-hybridized carbons (Fsp3) is 0.594. The van der Waals surface area contributed by atoms with Gasteiger partial charge in [-0.1, -0.05) is 19.8 Å². The molecule has 3 aliphatic rings. The third-order valence-electron chi connectivity index (χ3n) is 9.85. The molecule has 0 saturated heterocycles. The van der Waals surface area contributed by atoms with Crippen LogP contribution in [0.25, 0.3) is 0 Å². The molecule has 0 heterocycles. The lowest BCUT2D eigenvalue weighted by Crippen LogP contribution is -2.25. The zero-order valence-corrected chi connectivity index (χ0v) is 21.7. The van der Waals surface area contributed by atoms with Gasteiger partial charge >= 0.3 is 0 Å². The van der Waals surface area contributed by atoms with Gasteiger partial charge in [-0.15, -0.1) is 0 Å². The number of nitriles is 1. The van der Waals surface area contributed by atoms with E-state index in [9.17, 15) is 8.78 Å².